The molecule has 0 bridgehead atoms. The van der Waals surface area contributed by atoms with Crippen molar-refractivity contribution in [2.75, 3.05) is 24.1 Å². The van der Waals surface area contributed by atoms with E-state index in [-0.39, 0.29) is 47.9 Å². The fourth-order valence-corrected chi connectivity index (χ4v) is 6.88. The van der Waals surface area contributed by atoms with E-state index < -0.39 is 34.3 Å². The lowest BCUT2D eigenvalue weighted by Gasteiger charge is -2.34. The van der Waals surface area contributed by atoms with Crippen molar-refractivity contribution in [3.05, 3.63) is 120 Å². The van der Waals surface area contributed by atoms with Gasteiger partial charge in [0, 0.05) is 25.1 Å². The van der Waals surface area contributed by atoms with Gasteiger partial charge >= 0.3 is 0 Å². The molecule has 1 aliphatic rings. The molecule has 4 aromatic carbocycles. The third kappa shape index (κ3) is 8.32. The molecule has 0 aliphatic carbocycles. The molecule has 0 saturated carbocycles. The zero-order valence-corrected chi connectivity index (χ0v) is 28.1. The minimum atomic E-state index is -4.41. The summed E-state index contributed by atoms with van der Waals surface area (Å²) >= 11 is 0. The van der Waals surface area contributed by atoms with E-state index in [1.807, 2.05) is 75.4 Å². The molecule has 4 aromatic rings. The van der Waals surface area contributed by atoms with Gasteiger partial charge in [0.05, 0.1) is 10.6 Å². The Bertz CT molecular complexity index is 1840. The van der Waals surface area contributed by atoms with E-state index in [0.29, 0.717) is 18.8 Å². The first-order chi connectivity index (χ1) is 23.0. The van der Waals surface area contributed by atoms with Crippen LogP contribution in [0.1, 0.15) is 37.0 Å². The number of ether oxygens (including phenoxy) is 2. The van der Waals surface area contributed by atoms with E-state index in [1.165, 1.54) is 35.2 Å². The summed E-state index contributed by atoms with van der Waals surface area (Å²) in [6.45, 7) is 5.76. The van der Waals surface area contributed by atoms with Gasteiger partial charge in [0.25, 0.3) is 10.0 Å². The van der Waals surface area contributed by atoms with Crippen molar-refractivity contribution >= 4 is 27.5 Å². The number of nitrogens with zero attached hydrogens (tertiary/aromatic N) is 2. The quantitative estimate of drug-likeness (QED) is 0.197. The van der Waals surface area contributed by atoms with Crippen LogP contribution >= 0.6 is 0 Å². The minimum absolute atomic E-state index is 0.0489. The molecular formula is C37H40FN3O6S. The predicted octanol–water partition coefficient (Wildman–Crippen LogP) is 5.66. The molecule has 0 unspecified atom stereocenters. The van der Waals surface area contributed by atoms with Crippen LogP contribution in [0.4, 0.5) is 10.1 Å². The number of fused-ring (bicyclic) bond motifs is 1. The average molecular weight is 674 g/mol. The summed E-state index contributed by atoms with van der Waals surface area (Å²) in [4.78, 5) is 29.9. The monoisotopic (exact) mass is 673 g/mol. The summed E-state index contributed by atoms with van der Waals surface area (Å²) in [5.41, 5.74) is 2.67. The van der Waals surface area contributed by atoms with Gasteiger partial charge in [-0.25, -0.2) is 12.8 Å². The number of carbonyl (C=O) groups excluding carboxylic acids is 2. The summed E-state index contributed by atoms with van der Waals surface area (Å²) in [6, 6.07) is 25.0. The first-order valence-electron chi connectivity index (χ1n) is 15.9. The highest BCUT2D eigenvalue weighted by Crippen LogP contribution is 2.34. The van der Waals surface area contributed by atoms with Crippen LogP contribution in [-0.2, 0) is 32.6 Å². The summed E-state index contributed by atoms with van der Waals surface area (Å²) in [5, 5.41) is 3.03. The molecule has 0 aromatic heterocycles. The lowest BCUT2D eigenvalue weighted by Crippen LogP contribution is -2.54. The second-order valence-electron chi connectivity index (χ2n) is 11.8. The van der Waals surface area contributed by atoms with Gasteiger partial charge in [0.2, 0.25) is 11.8 Å². The Balaban J connectivity index is 1.58. The third-order valence-corrected chi connectivity index (χ3v) is 9.97. The molecule has 5 rings (SSSR count). The van der Waals surface area contributed by atoms with Crippen molar-refractivity contribution < 1.29 is 31.9 Å². The Morgan fingerprint density at radius 3 is 2.25 bits per heavy atom. The molecule has 2 amide bonds. The third-order valence-electron chi connectivity index (χ3n) is 8.20. The molecule has 0 spiro atoms. The number of aryl methyl sites for hydroxylation is 1. The van der Waals surface area contributed by atoms with Crippen LogP contribution in [-0.4, -0.2) is 57.0 Å². The van der Waals surface area contributed by atoms with Crippen LogP contribution in [0.2, 0.25) is 0 Å². The van der Waals surface area contributed by atoms with Crippen molar-refractivity contribution in [2.45, 2.75) is 57.1 Å². The zero-order valence-electron chi connectivity index (χ0n) is 27.3. The van der Waals surface area contributed by atoms with Gasteiger partial charge in [-0.15, -0.1) is 0 Å². The first-order valence-corrected chi connectivity index (χ1v) is 17.4. The van der Waals surface area contributed by atoms with Crippen LogP contribution in [0.25, 0.3) is 0 Å². The number of benzene rings is 4. The normalized spacial score (nSPS) is 13.7. The van der Waals surface area contributed by atoms with Crippen molar-refractivity contribution in [3.63, 3.8) is 0 Å². The number of amides is 2. The maximum absolute atomic E-state index is 14.6. The number of sulfonamides is 1. The van der Waals surface area contributed by atoms with Gasteiger partial charge in [0.15, 0.2) is 11.5 Å². The van der Waals surface area contributed by atoms with E-state index in [0.717, 1.165) is 33.1 Å². The maximum Gasteiger partial charge on any atom is 0.264 e. The Morgan fingerprint density at radius 1 is 0.875 bits per heavy atom. The van der Waals surface area contributed by atoms with E-state index in [4.69, 9.17) is 9.47 Å². The summed E-state index contributed by atoms with van der Waals surface area (Å²) in [7, 11) is -4.41. The second-order valence-corrected chi connectivity index (χ2v) is 13.7. The van der Waals surface area contributed by atoms with Gasteiger partial charge in [-0.2, -0.15) is 0 Å². The highest BCUT2D eigenvalue weighted by molar-refractivity contribution is 7.92. The fourth-order valence-electron chi connectivity index (χ4n) is 5.45. The number of rotatable bonds is 13. The second kappa shape index (κ2) is 15.3. The van der Waals surface area contributed by atoms with E-state index in [1.54, 1.807) is 0 Å². The molecular weight excluding hydrogens is 633 g/mol. The number of halogens is 1. The highest BCUT2D eigenvalue weighted by Gasteiger charge is 2.35. The van der Waals surface area contributed by atoms with Crippen molar-refractivity contribution in [2.24, 2.45) is 0 Å². The van der Waals surface area contributed by atoms with Crippen LogP contribution < -0.4 is 19.1 Å². The summed E-state index contributed by atoms with van der Waals surface area (Å²) < 4.78 is 54.8. The Labute approximate surface area is 281 Å². The van der Waals surface area contributed by atoms with E-state index in [9.17, 15) is 22.4 Å². The first kappa shape index (κ1) is 34.4. The molecule has 252 valence electrons. The Morgan fingerprint density at radius 2 is 1.56 bits per heavy atom. The molecule has 48 heavy (non-hydrogen) atoms. The molecule has 2 atom stereocenters. The SMILES string of the molecule is CC[C@@H](C)NC(=O)[C@H](Cc1ccccc1)N(Cc1cccc(C)c1)C(=O)CN(c1ccc(F)cc1)S(=O)(=O)c1ccc2c(c1)OCCO2. The average Bonchev–Trinajstić information content (AvgIpc) is 3.09. The molecule has 0 fully saturated rings. The molecule has 9 nitrogen and oxygen atoms in total. The minimum Gasteiger partial charge on any atom is -0.486 e. The fraction of sp³-hybridized carbons (Fsp3) is 0.297. The Kier molecular flexibility index (Phi) is 11.0. The topological polar surface area (TPSA) is 105 Å². The molecule has 1 aliphatic heterocycles. The largest absolute Gasteiger partial charge is 0.486 e. The standard InChI is InChI=1S/C37H40FN3O6S/c1-4-27(3)39-37(43)33(22-28-10-6-5-7-11-28)40(24-29-12-8-9-26(2)21-29)36(42)25-41(31-15-13-30(38)14-16-31)48(44,45)32-17-18-34-35(23-32)47-20-19-46-34/h5-18,21,23,27,33H,4,19-20,22,24-25H2,1-3H3,(H,39,43)/t27-,33+/m1/s1. The predicted molar refractivity (Wildman–Crippen MR) is 182 cm³/mol. The maximum atomic E-state index is 14.6. The summed E-state index contributed by atoms with van der Waals surface area (Å²) in [6.07, 6.45) is 0.883. The van der Waals surface area contributed by atoms with Crippen LogP contribution in [0.15, 0.2) is 102 Å². The van der Waals surface area contributed by atoms with Gasteiger partial charge in [-0.3, -0.25) is 13.9 Å². The molecule has 0 saturated heterocycles. The van der Waals surface area contributed by atoms with E-state index in [2.05, 4.69) is 5.32 Å². The molecule has 11 heteroatoms. The lowest BCUT2D eigenvalue weighted by atomic mass is 10.0. The van der Waals surface area contributed by atoms with Crippen LogP contribution in [0.5, 0.6) is 11.5 Å². The summed E-state index contributed by atoms with van der Waals surface area (Å²) in [5.74, 6) is -0.852. The van der Waals surface area contributed by atoms with Gasteiger partial charge in [-0.1, -0.05) is 67.1 Å². The van der Waals surface area contributed by atoms with Crippen molar-refractivity contribution in [3.8, 4) is 11.5 Å². The molecule has 0 radical (unpaired) electrons. The lowest BCUT2D eigenvalue weighted by molar-refractivity contribution is -0.140. The number of hydrogen-bond donors (Lipinski definition) is 1. The van der Waals surface area contributed by atoms with Crippen molar-refractivity contribution in [1.82, 2.24) is 10.2 Å². The van der Waals surface area contributed by atoms with Gasteiger partial charge in [0.1, 0.15) is 31.6 Å². The van der Waals surface area contributed by atoms with Crippen LogP contribution in [0.3, 0.4) is 0 Å². The number of anilines is 1. The van der Waals surface area contributed by atoms with E-state index >= 15 is 0 Å². The number of nitrogens with one attached hydrogen (secondary N) is 1. The number of hydrogen-bond acceptors (Lipinski definition) is 6. The zero-order chi connectivity index (χ0) is 34.3. The van der Waals surface area contributed by atoms with Crippen molar-refractivity contribution in [1.29, 1.82) is 0 Å². The Hall–Kier alpha value is -4.90. The molecule has 1 N–H and O–H groups in total. The van der Waals surface area contributed by atoms with Gasteiger partial charge < -0.3 is 19.7 Å². The van der Waals surface area contributed by atoms with Crippen LogP contribution in [0, 0.1) is 12.7 Å². The smallest absolute Gasteiger partial charge is 0.264 e. The van der Waals surface area contributed by atoms with Gasteiger partial charge in [-0.05, 0) is 67.8 Å². The molecule has 1 heterocycles. The number of carbonyl (C=O) groups is 2. The highest BCUT2D eigenvalue weighted by atomic mass is 32.2.